The molecule has 5 fully saturated rings. The summed E-state index contributed by atoms with van der Waals surface area (Å²) >= 11 is 6.47. The predicted molar refractivity (Wildman–Crippen MR) is 248 cm³/mol. The number of pyridine rings is 1. The SMILES string of the molecule is CNC(=O)COc1cc2cc(Nc3nc(N4CCC(OC5CCC5)CC4)ncc3Cl)ccc2n(C(C)C)c1=O.O=C1CCC(N2C(=O)c3ccc(N4CC5(CCNC5)C4)cc3C2=O)C(=O)N1. The monoisotopic (exact) mass is 922 g/mol. The van der Waals surface area contributed by atoms with Crippen molar-refractivity contribution in [1.82, 2.24) is 35.4 Å². The fourth-order valence-electron chi connectivity index (χ4n) is 9.60. The van der Waals surface area contributed by atoms with Crippen LogP contribution >= 0.6 is 11.6 Å². The maximum Gasteiger partial charge on any atom is 0.293 e. The van der Waals surface area contributed by atoms with Crippen molar-refractivity contribution in [3.8, 4) is 5.75 Å². The molecule has 66 heavy (non-hydrogen) atoms. The van der Waals surface area contributed by atoms with Crippen LogP contribution in [0, 0.1) is 5.41 Å². The van der Waals surface area contributed by atoms with E-state index in [4.69, 9.17) is 26.1 Å². The molecule has 1 aliphatic carbocycles. The Hall–Kier alpha value is -6.11. The number of piperidine rings is 2. The van der Waals surface area contributed by atoms with Gasteiger partial charge in [0.05, 0.1) is 35.0 Å². The highest BCUT2D eigenvalue weighted by Crippen LogP contribution is 2.41. The molecule has 5 amide bonds. The highest BCUT2D eigenvalue weighted by molar-refractivity contribution is 6.33. The number of carbonyl (C=O) groups is 5. The molecular formula is C47H55ClN10O8. The number of halogens is 1. The molecule has 4 N–H and O–H groups in total. The third kappa shape index (κ3) is 9.05. The summed E-state index contributed by atoms with van der Waals surface area (Å²) in [5.41, 5.74) is 3.14. The van der Waals surface area contributed by atoms with Gasteiger partial charge in [-0.15, -0.1) is 0 Å². The van der Waals surface area contributed by atoms with Crippen LogP contribution in [0.25, 0.3) is 10.9 Å². The van der Waals surface area contributed by atoms with Gasteiger partial charge in [-0.3, -0.25) is 39.0 Å². The van der Waals surface area contributed by atoms with Gasteiger partial charge in [-0.05, 0) is 108 Å². The molecule has 348 valence electrons. The molecule has 1 atom stereocenters. The number of nitrogens with zero attached hydrogens (tertiary/aromatic N) is 6. The van der Waals surface area contributed by atoms with E-state index in [-0.39, 0.29) is 48.6 Å². The summed E-state index contributed by atoms with van der Waals surface area (Å²) in [5, 5.41) is 12.6. The minimum atomic E-state index is -0.921. The zero-order valence-electron chi connectivity index (χ0n) is 37.4. The number of ether oxygens (including phenoxy) is 2. The molecular weight excluding hydrogens is 868 g/mol. The van der Waals surface area contributed by atoms with E-state index in [1.54, 1.807) is 29.0 Å². The van der Waals surface area contributed by atoms with Crippen molar-refractivity contribution >= 4 is 75.2 Å². The van der Waals surface area contributed by atoms with E-state index in [2.05, 4.69) is 36.1 Å². The first kappa shape index (κ1) is 45.1. The van der Waals surface area contributed by atoms with Crippen LogP contribution < -0.4 is 41.4 Å². The first-order chi connectivity index (χ1) is 31.8. The van der Waals surface area contributed by atoms with Gasteiger partial charge in [0.25, 0.3) is 23.3 Å². The lowest BCUT2D eigenvalue weighted by Gasteiger charge is -2.49. The molecule has 4 saturated heterocycles. The van der Waals surface area contributed by atoms with Crippen LogP contribution in [0.3, 0.4) is 0 Å². The largest absolute Gasteiger partial charge is 0.478 e. The number of aromatic nitrogens is 3. The van der Waals surface area contributed by atoms with Gasteiger partial charge in [-0.25, -0.2) is 4.98 Å². The standard InChI is InChI=1S/C28H35ClN6O4.C19H20N4O4/c1-17(2)35-23-8-7-19(13-18(23)14-24(27(35)37)38-16-25(36)30-3)32-26-22(29)15-31-28(33-26)34-11-9-21(10-12-34)39-20-5-4-6-20;24-15-4-3-14(16(25)21-15)23-17(26)12-2-1-11(7-13(12)18(23)27)22-9-19(10-22)5-6-20-8-19/h7-8,13-15,17,20-21H,4-6,9-12,16H2,1-3H3,(H,30,36)(H,31,32,33);1-2,7,14,20H,3-6,8-10H2,(H,21,24,25). The number of imide groups is 2. The molecule has 1 spiro atoms. The molecule has 19 heteroatoms. The number of hydrogen-bond donors (Lipinski definition) is 4. The molecule has 1 unspecified atom stereocenters. The van der Waals surface area contributed by atoms with Gasteiger partial charge in [0, 0.05) is 74.4 Å². The summed E-state index contributed by atoms with van der Waals surface area (Å²) in [5.74, 6) is -0.942. The van der Waals surface area contributed by atoms with E-state index >= 15 is 0 Å². The molecule has 4 aromatic rings. The Morgan fingerprint density at radius 2 is 1.70 bits per heavy atom. The van der Waals surface area contributed by atoms with Crippen LogP contribution in [-0.4, -0.2) is 120 Å². The van der Waals surface area contributed by atoms with E-state index in [0.717, 1.165) is 85.7 Å². The summed E-state index contributed by atoms with van der Waals surface area (Å²) in [6, 6.07) is 11.6. The van der Waals surface area contributed by atoms with Crippen LogP contribution in [0.5, 0.6) is 5.75 Å². The molecule has 10 rings (SSSR count). The average molecular weight is 923 g/mol. The van der Waals surface area contributed by atoms with Crippen molar-refractivity contribution in [1.29, 1.82) is 0 Å². The number of amides is 5. The van der Waals surface area contributed by atoms with Crippen LogP contribution in [-0.2, 0) is 19.1 Å². The summed E-state index contributed by atoms with van der Waals surface area (Å²) in [6.45, 7) is 9.24. The van der Waals surface area contributed by atoms with E-state index in [0.29, 0.717) is 45.5 Å². The second-order valence-electron chi connectivity index (χ2n) is 18.3. The number of hydrogen-bond acceptors (Lipinski definition) is 14. The Morgan fingerprint density at radius 3 is 2.38 bits per heavy atom. The Labute approximate surface area is 386 Å². The molecule has 18 nitrogen and oxygen atoms in total. The normalized spacial score (nSPS) is 20.5. The van der Waals surface area contributed by atoms with E-state index < -0.39 is 23.8 Å². The van der Waals surface area contributed by atoms with Gasteiger partial charge in [-0.2, -0.15) is 4.98 Å². The van der Waals surface area contributed by atoms with Crippen LogP contribution in [0.15, 0.2) is 53.5 Å². The molecule has 2 aromatic heterocycles. The zero-order valence-corrected chi connectivity index (χ0v) is 38.1. The predicted octanol–water partition coefficient (Wildman–Crippen LogP) is 4.32. The molecule has 0 radical (unpaired) electrons. The van der Waals surface area contributed by atoms with Gasteiger partial charge >= 0.3 is 0 Å². The van der Waals surface area contributed by atoms with Gasteiger partial charge in [0.1, 0.15) is 11.1 Å². The summed E-state index contributed by atoms with van der Waals surface area (Å²) in [7, 11) is 1.52. The maximum absolute atomic E-state index is 13.1. The summed E-state index contributed by atoms with van der Waals surface area (Å²) < 4.78 is 13.4. The van der Waals surface area contributed by atoms with Gasteiger partial charge < -0.3 is 39.8 Å². The minimum Gasteiger partial charge on any atom is -0.478 e. The quantitative estimate of drug-likeness (QED) is 0.155. The second kappa shape index (κ2) is 18.6. The number of benzene rings is 2. The van der Waals surface area contributed by atoms with Crippen molar-refractivity contribution in [2.45, 2.75) is 89.5 Å². The fraction of sp³-hybridized carbons (Fsp3) is 0.489. The van der Waals surface area contributed by atoms with Gasteiger partial charge in [0.2, 0.25) is 17.8 Å². The first-order valence-electron chi connectivity index (χ1n) is 22.8. The summed E-state index contributed by atoms with van der Waals surface area (Å²) in [4.78, 5) is 88.4. The number of fused-ring (bicyclic) bond motifs is 2. The lowest BCUT2D eigenvalue weighted by Crippen LogP contribution is -2.57. The van der Waals surface area contributed by atoms with E-state index in [9.17, 15) is 28.8 Å². The van der Waals surface area contributed by atoms with Crippen molar-refractivity contribution in [2.75, 3.05) is 68.0 Å². The number of anilines is 4. The molecule has 0 bridgehead atoms. The lowest BCUT2D eigenvalue weighted by molar-refractivity contribution is -0.136. The van der Waals surface area contributed by atoms with Crippen molar-refractivity contribution in [2.24, 2.45) is 5.41 Å². The van der Waals surface area contributed by atoms with Crippen LogP contribution in [0.1, 0.15) is 92.0 Å². The third-order valence-electron chi connectivity index (χ3n) is 13.5. The summed E-state index contributed by atoms with van der Waals surface area (Å²) in [6.07, 6.45) is 9.38. The second-order valence-corrected chi connectivity index (χ2v) is 18.7. The smallest absolute Gasteiger partial charge is 0.293 e. The van der Waals surface area contributed by atoms with E-state index in [1.807, 2.05) is 38.1 Å². The van der Waals surface area contributed by atoms with Crippen molar-refractivity contribution in [3.05, 3.63) is 75.2 Å². The molecule has 5 aliphatic heterocycles. The van der Waals surface area contributed by atoms with E-state index in [1.165, 1.54) is 26.3 Å². The number of likely N-dealkylation sites (N-methyl/N-ethyl adjacent to an activating group) is 1. The number of nitrogens with one attached hydrogen (secondary N) is 4. The highest BCUT2D eigenvalue weighted by atomic mass is 35.5. The molecule has 7 heterocycles. The van der Waals surface area contributed by atoms with Crippen molar-refractivity contribution in [3.63, 3.8) is 0 Å². The molecule has 1 saturated carbocycles. The van der Waals surface area contributed by atoms with Gasteiger partial charge in [-0.1, -0.05) is 11.6 Å². The van der Waals surface area contributed by atoms with Gasteiger partial charge in [0.15, 0.2) is 18.2 Å². The Bertz CT molecular complexity index is 2630. The molecule has 6 aliphatic rings. The Morgan fingerprint density at radius 1 is 0.939 bits per heavy atom. The lowest BCUT2D eigenvalue weighted by atomic mass is 9.78. The average Bonchev–Trinajstić information content (AvgIpc) is 3.87. The van der Waals surface area contributed by atoms with Crippen LogP contribution in [0.4, 0.5) is 23.1 Å². The molecule has 2 aromatic carbocycles. The topological polar surface area (TPSA) is 209 Å². The maximum atomic E-state index is 13.1. The minimum absolute atomic E-state index is 0.107. The Balaban J connectivity index is 0.000000177. The third-order valence-corrected chi connectivity index (χ3v) is 13.8. The number of rotatable bonds is 11. The van der Waals surface area contributed by atoms with Crippen LogP contribution in [0.2, 0.25) is 5.02 Å². The fourth-order valence-corrected chi connectivity index (χ4v) is 9.74. The Kier molecular flexibility index (Phi) is 12.7. The highest BCUT2D eigenvalue weighted by Gasteiger charge is 2.47. The van der Waals surface area contributed by atoms with Crippen molar-refractivity contribution < 1.29 is 33.4 Å². The first-order valence-corrected chi connectivity index (χ1v) is 23.2. The zero-order chi connectivity index (χ0) is 46.3. The number of carbonyl (C=O) groups excluding carboxylic acids is 5.